The zero-order chi connectivity index (χ0) is 14.7. The fourth-order valence-corrected chi connectivity index (χ4v) is 2.03. The lowest BCUT2D eigenvalue weighted by Crippen LogP contribution is -2.26. The van der Waals surface area contributed by atoms with Crippen LogP contribution in [-0.2, 0) is 0 Å². The van der Waals surface area contributed by atoms with Crippen molar-refractivity contribution in [2.24, 2.45) is 5.92 Å². The second-order valence-electron chi connectivity index (χ2n) is 4.86. The van der Waals surface area contributed by atoms with Crippen molar-refractivity contribution in [1.82, 2.24) is 10.3 Å². The maximum Gasteiger partial charge on any atom is 0.300 e. The van der Waals surface area contributed by atoms with Gasteiger partial charge in [-0.05, 0) is 28.7 Å². The molecule has 0 saturated heterocycles. The van der Waals surface area contributed by atoms with E-state index in [-0.39, 0.29) is 29.8 Å². The van der Waals surface area contributed by atoms with Crippen LogP contribution in [0.15, 0.2) is 16.8 Å². The topological polar surface area (TPSA) is 114 Å². The molecule has 20 heavy (non-hydrogen) atoms. The molecule has 0 aliphatic rings. The largest absolute Gasteiger partial charge is 0.396 e. The fourth-order valence-electron chi connectivity index (χ4n) is 2.03. The fraction of sp³-hybridized carbons (Fsp3) is 0.500. The van der Waals surface area contributed by atoms with Gasteiger partial charge in [0.25, 0.3) is 0 Å². The molecule has 0 radical (unpaired) electrons. The lowest BCUT2D eigenvalue weighted by molar-refractivity contribution is -0.383. The third kappa shape index (κ3) is 2.69. The molecule has 0 saturated carbocycles. The van der Waals surface area contributed by atoms with Crippen LogP contribution >= 0.6 is 0 Å². The van der Waals surface area contributed by atoms with E-state index < -0.39 is 4.92 Å². The van der Waals surface area contributed by atoms with E-state index in [0.717, 1.165) is 0 Å². The zero-order valence-electron chi connectivity index (χ0n) is 11.2. The van der Waals surface area contributed by atoms with Gasteiger partial charge < -0.3 is 10.4 Å². The van der Waals surface area contributed by atoms with Gasteiger partial charge in [-0.15, -0.1) is 0 Å². The van der Waals surface area contributed by atoms with E-state index in [0.29, 0.717) is 17.6 Å². The highest BCUT2D eigenvalue weighted by Gasteiger charge is 2.21. The predicted molar refractivity (Wildman–Crippen MR) is 72.4 cm³/mol. The number of aliphatic hydroxyl groups is 1. The number of fused-ring (bicyclic) bond motifs is 1. The summed E-state index contributed by atoms with van der Waals surface area (Å²) in [6.07, 6.45) is 0.571. The molecule has 2 N–H and O–H groups in total. The van der Waals surface area contributed by atoms with Crippen molar-refractivity contribution in [1.29, 1.82) is 0 Å². The standard InChI is InChI=1S/C12H16N4O4/c1-7(2)8(5-6-17)13-9-3-4-10(16(18)19)12-11(9)14-20-15-12/h3-4,7-8,13,17H,5-6H2,1-2H3. The summed E-state index contributed by atoms with van der Waals surface area (Å²) in [6.45, 7) is 4.11. The predicted octanol–water partition coefficient (Wildman–Crippen LogP) is 1.95. The van der Waals surface area contributed by atoms with E-state index in [1.807, 2.05) is 13.8 Å². The Hall–Kier alpha value is -2.22. The molecule has 0 bridgehead atoms. The molecule has 0 spiro atoms. The highest BCUT2D eigenvalue weighted by molar-refractivity contribution is 5.93. The number of nitro benzene ring substituents is 1. The third-order valence-corrected chi connectivity index (χ3v) is 3.18. The second kappa shape index (κ2) is 5.83. The van der Waals surface area contributed by atoms with Gasteiger partial charge in [0.2, 0.25) is 5.52 Å². The lowest BCUT2D eigenvalue weighted by Gasteiger charge is -2.22. The maximum absolute atomic E-state index is 10.9. The van der Waals surface area contributed by atoms with Crippen LogP contribution in [0.2, 0.25) is 0 Å². The van der Waals surface area contributed by atoms with Crippen LogP contribution in [-0.4, -0.2) is 33.0 Å². The molecule has 1 atom stereocenters. The van der Waals surface area contributed by atoms with Crippen LogP contribution in [0.5, 0.6) is 0 Å². The quantitative estimate of drug-likeness (QED) is 0.613. The van der Waals surface area contributed by atoms with Crippen molar-refractivity contribution in [3.8, 4) is 0 Å². The summed E-state index contributed by atoms with van der Waals surface area (Å²) in [7, 11) is 0. The summed E-state index contributed by atoms with van der Waals surface area (Å²) >= 11 is 0. The molecular weight excluding hydrogens is 264 g/mol. The van der Waals surface area contributed by atoms with Crippen LogP contribution in [0.3, 0.4) is 0 Å². The van der Waals surface area contributed by atoms with Gasteiger partial charge in [-0.3, -0.25) is 10.1 Å². The molecule has 1 unspecified atom stereocenters. The molecule has 2 aromatic rings. The number of benzene rings is 1. The minimum atomic E-state index is -0.524. The molecule has 2 rings (SSSR count). The molecule has 8 heteroatoms. The first-order chi connectivity index (χ1) is 9.54. The van der Waals surface area contributed by atoms with Crippen molar-refractivity contribution in [3.05, 3.63) is 22.2 Å². The van der Waals surface area contributed by atoms with Crippen molar-refractivity contribution in [2.75, 3.05) is 11.9 Å². The Morgan fingerprint density at radius 1 is 1.40 bits per heavy atom. The third-order valence-electron chi connectivity index (χ3n) is 3.18. The van der Waals surface area contributed by atoms with E-state index in [2.05, 4.69) is 20.3 Å². The molecule has 1 aromatic heterocycles. The van der Waals surface area contributed by atoms with Gasteiger partial charge in [0.15, 0.2) is 5.52 Å². The highest BCUT2D eigenvalue weighted by Crippen LogP contribution is 2.29. The first kappa shape index (κ1) is 14.2. The molecule has 0 amide bonds. The Balaban J connectivity index is 2.38. The number of hydrogen-bond donors (Lipinski definition) is 2. The Morgan fingerprint density at radius 2 is 2.10 bits per heavy atom. The number of hydrogen-bond acceptors (Lipinski definition) is 7. The maximum atomic E-state index is 10.9. The van der Waals surface area contributed by atoms with Gasteiger partial charge >= 0.3 is 5.69 Å². The zero-order valence-corrected chi connectivity index (χ0v) is 11.2. The summed E-state index contributed by atoms with van der Waals surface area (Å²) in [5.41, 5.74) is 0.906. The van der Waals surface area contributed by atoms with Crippen LogP contribution in [0.4, 0.5) is 11.4 Å². The molecule has 0 aliphatic heterocycles. The SMILES string of the molecule is CC(C)C(CCO)Nc1ccc([N+](=O)[O-])c2nonc12. The van der Waals surface area contributed by atoms with E-state index in [4.69, 9.17) is 5.11 Å². The molecular formula is C12H16N4O4. The average molecular weight is 280 g/mol. The van der Waals surface area contributed by atoms with Crippen LogP contribution in [0.25, 0.3) is 11.0 Å². The number of nitrogens with zero attached hydrogens (tertiary/aromatic N) is 3. The summed E-state index contributed by atoms with van der Waals surface area (Å²) in [5, 5.41) is 30.5. The number of nitrogens with one attached hydrogen (secondary N) is 1. The molecule has 8 nitrogen and oxygen atoms in total. The number of aromatic nitrogens is 2. The molecule has 1 heterocycles. The smallest absolute Gasteiger partial charge is 0.300 e. The second-order valence-corrected chi connectivity index (χ2v) is 4.86. The normalized spacial score (nSPS) is 12.8. The highest BCUT2D eigenvalue weighted by atomic mass is 16.6. The van der Waals surface area contributed by atoms with Gasteiger partial charge in [0.1, 0.15) is 0 Å². The summed E-state index contributed by atoms with van der Waals surface area (Å²) < 4.78 is 4.60. The molecule has 0 aliphatic carbocycles. The van der Waals surface area contributed by atoms with Crippen molar-refractivity contribution >= 4 is 22.4 Å². The monoisotopic (exact) mass is 280 g/mol. The Kier molecular flexibility index (Phi) is 4.14. The van der Waals surface area contributed by atoms with Gasteiger partial charge in [-0.1, -0.05) is 13.8 Å². The van der Waals surface area contributed by atoms with E-state index in [9.17, 15) is 10.1 Å². The number of anilines is 1. The molecule has 108 valence electrons. The molecule has 0 fully saturated rings. The first-order valence-electron chi connectivity index (χ1n) is 6.31. The Morgan fingerprint density at radius 3 is 2.70 bits per heavy atom. The number of aliphatic hydroxyl groups excluding tert-OH is 1. The van der Waals surface area contributed by atoms with Crippen molar-refractivity contribution in [3.63, 3.8) is 0 Å². The van der Waals surface area contributed by atoms with E-state index in [1.165, 1.54) is 6.07 Å². The van der Waals surface area contributed by atoms with Crippen molar-refractivity contribution < 1.29 is 14.7 Å². The number of rotatable bonds is 6. The minimum absolute atomic E-state index is 0.0290. The van der Waals surface area contributed by atoms with E-state index in [1.54, 1.807) is 6.07 Å². The molecule has 1 aromatic carbocycles. The van der Waals surface area contributed by atoms with Crippen molar-refractivity contribution in [2.45, 2.75) is 26.3 Å². The van der Waals surface area contributed by atoms with Crippen LogP contribution in [0, 0.1) is 16.0 Å². The van der Waals surface area contributed by atoms with Gasteiger partial charge in [0.05, 0.1) is 10.6 Å². The summed E-state index contributed by atoms with van der Waals surface area (Å²) in [6, 6.07) is 2.98. The minimum Gasteiger partial charge on any atom is -0.396 e. The van der Waals surface area contributed by atoms with Gasteiger partial charge in [-0.2, -0.15) is 0 Å². The lowest BCUT2D eigenvalue weighted by atomic mass is 10.0. The van der Waals surface area contributed by atoms with Crippen LogP contribution < -0.4 is 5.32 Å². The van der Waals surface area contributed by atoms with Gasteiger partial charge in [-0.25, -0.2) is 4.63 Å². The number of non-ortho nitro benzene ring substituents is 1. The van der Waals surface area contributed by atoms with Crippen LogP contribution in [0.1, 0.15) is 20.3 Å². The first-order valence-corrected chi connectivity index (χ1v) is 6.31. The summed E-state index contributed by atoms with van der Waals surface area (Å²) in [4.78, 5) is 10.4. The Bertz CT molecular complexity index is 611. The average Bonchev–Trinajstić information content (AvgIpc) is 2.87. The Labute approximate surface area is 114 Å². The number of nitro groups is 1. The summed E-state index contributed by atoms with van der Waals surface area (Å²) in [5.74, 6) is 0.284. The van der Waals surface area contributed by atoms with E-state index >= 15 is 0 Å². The van der Waals surface area contributed by atoms with Gasteiger partial charge in [0, 0.05) is 18.7 Å².